The number of benzene rings is 1. The molecule has 1 aromatic carbocycles. The Morgan fingerprint density at radius 3 is 2.76 bits per heavy atom. The van der Waals surface area contributed by atoms with E-state index < -0.39 is 6.04 Å². The van der Waals surface area contributed by atoms with Crippen LogP contribution in [-0.2, 0) is 20.9 Å². The zero-order chi connectivity index (χ0) is 14.5. The molecule has 21 heavy (non-hydrogen) atoms. The van der Waals surface area contributed by atoms with Crippen LogP contribution in [0.1, 0.15) is 11.3 Å². The van der Waals surface area contributed by atoms with Gasteiger partial charge in [-0.15, -0.1) is 0 Å². The number of esters is 1. The van der Waals surface area contributed by atoms with Gasteiger partial charge in [0.1, 0.15) is 18.9 Å². The van der Waals surface area contributed by atoms with Crippen molar-refractivity contribution in [3.8, 4) is 0 Å². The second-order valence-electron chi connectivity index (χ2n) is 4.57. The number of nitrogens with zero attached hydrogens (tertiary/aromatic N) is 2. The lowest BCUT2D eigenvalue weighted by atomic mass is 10.2. The molecule has 1 aliphatic rings. The van der Waals surface area contributed by atoms with Crippen LogP contribution in [0.3, 0.4) is 0 Å². The third-order valence-corrected chi connectivity index (χ3v) is 3.03. The van der Waals surface area contributed by atoms with Crippen LogP contribution in [0.15, 0.2) is 59.7 Å². The highest BCUT2D eigenvalue weighted by Crippen LogP contribution is 2.12. The number of hydrogen-bond acceptors (Lipinski definition) is 5. The van der Waals surface area contributed by atoms with Crippen molar-refractivity contribution in [1.29, 1.82) is 0 Å². The largest absolute Gasteiger partial charge is 0.473 e. The summed E-state index contributed by atoms with van der Waals surface area (Å²) < 4.78 is 10.7. The molecular weight excluding hydrogens is 268 g/mol. The fraction of sp³-hybridized carbons (Fsp3) is 0.188. The van der Waals surface area contributed by atoms with Gasteiger partial charge in [-0.3, -0.25) is 4.98 Å². The van der Waals surface area contributed by atoms with E-state index in [0.29, 0.717) is 11.6 Å². The normalized spacial score (nSPS) is 17.0. The minimum absolute atomic E-state index is 0.194. The summed E-state index contributed by atoms with van der Waals surface area (Å²) in [5, 5.41) is 0. The van der Waals surface area contributed by atoms with Gasteiger partial charge in [-0.1, -0.05) is 36.4 Å². The molecule has 2 heterocycles. The Kier molecular flexibility index (Phi) is 3.91. The predicted octanol–water partition coefficient (Wildman–Crippen LogP) is 1.97. The molecule has 1 atom stereocenters. The van der Waals surface area contributed by atoms with Crippen molar-refractivity contribution in [1.82, 2.24) is 4.98 Å². The van der Waals surface area contributed by atoms with E-state index in [9.17, 15) is 4.79 Å². The average Bonchev–Trinajstić information content (AvgIpc) is 3.04. The molecule has 0 saturated carbocycles. The van der Waals surface area contributed by atoms with E-state index in [1.54, 1.807) is 12.3 Å². The zero-order valence-corrected chi connectivity index (χ0v) is 11.3. The van der Waals surface area contributed by atoms with Gasteiger partial charge in [0.2, 0.25) is 5.90 Å². The Morgan fingerprint density at radius 2 is 2.00 bits per heavy atom. The van der Waals surface area contributed by atoms with E-state index >= 15 is 0 Å². The Morgan fingerprint density at radius 1 is 1.19 bits per heavy atom. The summed E-state index contributed by atoms with van der Waals surface area (Å²) >= 11 is 0. The maximum Gasteiger partial charge on any atom is 0.334 e. The van der Waals surface area contributed by atoms with Gasteiger partial charge < -0.3 is 9.47 Å². The molecule has 0 saturated heterocycles. The summed E-state index contributed by atoms with van der Waals surface area (Å²) in [4.78, 5) is 20.3. The van der Waals surface area contributed by atoms with Crippen LogP contribution >= 0.6 is 0 Å². The van der Waals surface area contributed by atoms with Crippen LogP contribution < -0.4 is 0 Å². The molecule has 3 rings (SSSR count). The number of carbonyl (C=O) groups excluding carboxylic acids is 1. The van der Waals surface area contributed by atoms with Gasteiger partial charge in [-0.2, -0.15) is 0 Å². The zero-order valence-electron chi connectivity index (χ0n) is 11.3. The summed E-state index contributed by atoms with van der Waals surface area (Å²) in [7, 11) is 0. The van der Waals surface area contributed by atoms with Crippen molar-refractivity contribution < 1.29 is 14.3 Å². The summed E-state index contributed by atoms with van der Waals surface area (Å²) in [5.41, 5.74) is 1.56. The molecule has 0 radical (unpaired) electrons. The molecule has 0 fully saturated rings. The van der Waals surface area contributed by atoms with E-state index in [0.717, 1.165) is 5.56 Å². The third kappa shape index (κ3) is 3.25. The van der Waals surface area contributed by atoms with Crippen molar-refractivity contribution in [3.05, 3.63) is 66.0 Å². The molecule has 0 N–H and O–H groups in total. The minimum atomic E-state index is -0.620. The van der Waals surface area contributed by atoms with E-state index in [-0.39, 0.29) is 19.2 Å². The third-order valence-electron chi connectivity index (χ3n) is 3.03. The molecule has 106 valence electrons. The highest BCUT2D eigenvalue weighted by Gasteiger charge is 2.28. The minimum Gasteiger partial charge on any atom is -0.473 e. The van der Waals surface area contributed by atoms with Gasteiger partial charge in [0.15, 0.2) is 6.04 Å². The predicted molar refractivity (Wildman–Crippen MR) is 76.8 cm³/mol. The molecular formula is C16H14N2O3. The van der Waals surface area contributed by atoms with Crippen LogP contribution in [0.4, 0.5) is 0 Å². The second kappa shape index (κ2) is 6.17. The molecule has 5 nitrogen and oxygen atoms in total. The lowest BCUT2D eigenvalue weighted by molar-refractivity contribution is -0.146. The fourth-order valence-electron chi connectivity index (χ4n) is 1.95. The summed E-state index contributed by atoms with van der Waals surface area (Å²) in [6, 6.07) is 14.3. The van der Waals surface area contributed by atoms with Crippen LogP contribution in [-0.4, -0.2) is 29.5 Å². The van der Waals surface area contributed by atoms with Gasteiger partial charge in [0.05, 0.1) is 0 Å². The molecule has 0 unspecified atom stereocenters. The average molecular weight is 282 g/mol. The first kappa shape index (κ1) is 13.3. The number of aliphatic imine (C=N–C) groups is 1. The Labute approximate surface area is 122 Å². The summed E-state index contributed by atoms with van der Waals surface area (Å²) in [6.07, 6.45) is 1.66. The van der Waals surface area contributed by atoms with Crippen LogP contribution in [0.25, 0.3) is 0 Å². The maximum absolute atomic E-state index is 12.0. The number of pyridine rings is 1. The second-order valence-corrected chi connectivity index (χ2v) is 4.57. The van der Waals surface area contributed by atoms with E-state index in [1.807, 2.05) is 42.5 Å². The lowest BCUT2D eigenvalue weighted by Gasteiger charge is -2.06. The maximum atomic E-state index is 12.0. The van der Waals surface area contributed by atoms with Crippen LogP contribution in [0.5, 0.6) is 0 Å². The SMILES string of the molecule is O=C(OCc1ccccc1)[C@@H]1COC(c2ccccn2)=N1. The first-order valence-electron chi connectivity index (χ1n) is 6.65. The Balaban J connectivity index is 1.60. The topological polar surface area (TPSA) is 60.8 Å². The van der Waals surface area contributed by atoms with Crippen molar-refractivity contribution in [2.24, 2.45) is 4.99 Å². The molecule has 2 aromatic rings. The van der Waals surface area contributed by atoms with Gasteiger partial charge in [-0.05, 0) is 17.7 Å². The molecule has 0 bridgehead atoms. The molecule has 0 aliphatic carbocycles. The molecule has 1 aromatic heterocycles. The van der Waals surface area contributed by atoms with Gasteiger partial charge in [0, 0.05) is 6.20 Å². The van der Waals surface area contributed by atoms with Crippen LogP contribution in [0, 0.1) is 0 Å². The molecule has 5 heteroatoms. The molecule has 1 aliphatic heterocycles. The first-order valence-corrected chi connectivity index (χ1v) is 6.65. The quantitative estimate of drug-likeness (QED) is 0.804. The highest BCUT2D eigenvalue weighted by molar-refractivity contribution is 5.95. The fourth-order valence-corrected chi connectivity index (χ4v) is 1.95. The van der Waals surface area contributed by atoms with Gasteiger partial charge >= 0.3 is 5.97 Å². The number of hydrogen-bond donors (Lipinski definition) is 0. The van der Waals surface area contributed by atoms with E-state index in [4.69, 9.17) is 9.47 Å². The summed E-state index contributed by atoms with van der Waals surface area (Å²) in [5.74, 6) is 0.00189. The Bertz CT molecular complexity index is 641. The van der Waals surface area contributed by atoms with Gasteiger partial charge in [-0.25, -0.2) is 9.79 Å². The Hall–Kier alpha value is -2.69. The lowest BCUT2D eigenvalue weighted by Crippen LogP contribution is -2.22. The number of rotatable bonds is 4. The van der Waals surface area contributed by atoms with Crippen molar-refractivity contribution in [2.75, 3.05) is 6.61 Å². The number of aromatic nitrogens is 1. The number of ether oxygens (including phenoxy) is 2. The smallest absolute Gasteiger partial charge is 0.334 e. The van der Waals surface area contributed by atoms with Crippen molar-refractivity contribution in [3.63, 3.8) is 0 Å². The first-order chi connectivity index (χ1) is 10.3. The van der Waals surface area contributed by atoms with E-state index in [2.05, 4.69) is 9.98 Å². The highest BCUT2D eigenvalue weighted by atomic mass is 16.5. The van der Waals surface area contributed by atoms with Crippen LogP contribution in [0.2, 0.25) is 0 Å². The van der Waals surface area contributed by atoms with E-state index in [1.165, 1.54) is 0 Å². The monoisotopic (exact) mass is 282 g/mol. The molecule has 0 amide bonds. The van der Waals surface area contributed by atoms with Gasteiger partial charge in [0.25, 0.3) is 0 Å². The van der Waals surface area contributed by atoms with Crippen molar-refractivity contribution >= 4 is 11.9 Å². The molecule has 0 spiro atoms. The number of carbonyl (C=O) groups is 1. The summed E-state index contributed by atoms with van der Waals surface area (Å²) in [6.45, 7) is 0.435. The van der Waals surface area contributed by atoms with Crippen molar-refractivity contribution in [2.45, 2.75) is 12.6 Å². The standard InChI is InChI=1S/C16H14N2O3/c19-16(21-10-12-6-2-1-3-7-12)14-11-20-15(18-14)13-8-4-5-9-17-13/h1-9,14H,10-11H2/t14-/m0/s1.